The van der Waals surface area contributed by atoms with Gasteiger partial charge in [0.15, 0.2) is 5.76 Å². The number of likely N-dealkylation sites (N-methyl/N-ethyl adjacent to an activating group) is 1. The minimum Gasteiger partial charge on any atom is -0.451 e. The van der Waals surface area contributed by atoms with Gasteiger partial charge in [-0.25, -0.2) is 8.42 Å². The van der Waals surface area contributed by atoms with E-state index in [-0.39, 0.29) is 17.3 Å². The number of para-hydroxylation sites is 1. The Balaban J connectivity index is 1.42. The van der Waals surface area contributed by atoms with Crippen LogP contribution in [0.2, 0.25) is 0 Å². The summed E-state index contributed by atoms with van der Waals surface area (Å²) >= 11 is 0. The molecule has 0 saturated carbocycles. The predicted octanol–water partition coefficient (Wildman–Crippen LogP) is 2.61. The highest BCUT2D eigenvalue weighted by Crippen LogP contribution is 2.25. The van der Waals surface area contributed by atoms with E-state index in [1.807, 2.05) is 38.2 Å². The van der Waals surface area contributed by atoms with Crippen molar-refractivity contribution in [2.24, 2.45) is 0 Å². The van der Waals surface area contributed by atoms with Crippen molar-refractivity contribution >= 4 is 26.9 Å². The maximum Gasteiger partial charge on any atom is 0.287 e. The maximum absolute atomic E-state index is 12.8. The molecule has 1 fully saturated rings. The highest BCUT2D eigenvalue weighted by Gasteiger charge is 2.27. The van der Waals surface area contributed by atoms with Crippen molar-refractivity contribution in [2.45, 2.75) is 18.4 Å². The molecule has 8 heteroatoms. The van der Waals surface area contributed by atoms with Gasteiger partial charge in [-0.05, 0) is 37.7 Å². The van der Waals surface area contributed by atoms with Gasteiger partial charge in [-0.2, -0.15) is 4.31 Å². The van der Waals surface area contributed by atoms with Crippen LogP contribution in [-0.2, 0) is 16.6 Å². The van der Waals surface area contributed by atoms with Crippen molar-refractivity contribution in [3.8, 4) is 0 Å². The number of carbonyl (C=O) groups excluding carboxylic acids is 1. The highest BCUT2D eigenvalue weighted by molar-refractivity contribution is 7.89. The number of rotatable bonds is 5. The number of fused-ring (bicyclic) bond motifs is 1. The molecule has 1 aliphatic heterocycles. The van der Waals surface area contributed by atoms with E-state index in [0.29, 0.717) is 24.4 Å². The Kier molecular flexibility index (Phi) is 5.64. The van der Waals surface area contributed by atoms with Crippen LogP contribution in [0.3, 0.4) is 0 Å². The van der Waals surface area contributed by atoms with Gasteiger partial charge in [0, 0.05) is 43.7 Å². The fourth-order valence-electron chi connectivity index (χ4n) is 3.61. The Morgan fingerprint density at radius 3 is 2.37 bits per heavy atom. The molecule has 0 aliphatic carbocycles. The van der Waals surface area contributed by atoms with Crippen molar-refractivity contribution in [2.75, 3.05) is 33.2 Å². The quantitative estimate of drug-likeness (QED) is 0.677. The summed E-state index contributed by atoms with van der Waals surface area (Å²) < 4.78 is 32.8. The van der Waals surface area contributed by atoms with Gasteiger partial charge in [-0.15, -0.1) is 0 Å². The van der Waals surface area contributed by atoms with Crippen LogP contribution in [0.25, 0.3) is 11.0 Å². The normalized spacial score (nSPS) is 16.1. The average molecular weight is 428 g/mol. The molecule has 0 unspecified atom stereocenters. The lowest BCUT2D eigenvalue weighted by atomic mass is 10.1. The van der Waals surface area contributed by atoms with Crippen LogP contribution in [0, 0.1) is 6.92 Å². The Hall–Kier alpha value is -2.68. The molecule has 1 amide bonds. The molecule has 0 radical (unpaired) electrons. The topological polar surface area (TPSA) is 82.9 Å². The van der Waals surface area contributed by atoms with Crippen LogP contribution in [0.5, 0.6) is 0 Å². The van der Waals surface area contributed by atoms with Crippen LogP contribution < -0.4 is 5.32 Å². The maximum atomic E-state index is 12.8. The molecule has 7 nitrogen and oxygen atoms in total. The standard InChI is InChI=1S/C22H25N3O4S/c1-16-19-5-3-4-6-20(19)29-21(16)22(26)23-15-17-7-9-18(10-8-17)30(27,28)25-13-11-24(2)12-14-25/h3-10H,11-15H2,1-2H3,(H,23,26). The van der Waals surface area contributed by atoms with Crippen LogP contribution in [0.4, 0.5) is 0 Å². The van der Waals surface area contributed by atoms with E-state index in [0.717, 1.165) is 29.6 Å². The molecule has 2 heterocycles. The van der Waals surface area contributed by atoms with Gasteiger partial charge < -0.3 is 14.6 Å². The van der Waals surface area contributed by atoms with Gasteiger partial charge in [0.05, 0.1) is 4.90 Å². The lowest BCUT2D eigenvalue weighted by Gasteiger charge is -2.31. The number of carbonyl (C=O) groups is 1. The zero-order valence-electron chi connectivity index (χ0n) is 17.1. The van der Waals surface area contributed by atoms with E-state index in [1.165, 1.54) is 4.31 Å². The van der Waals surface area contributed by atoms with Gasteiger partial charge in [0.25, 0.3) is 5.91 Å². The van der Waals surface area contributed by atoms with Crippen LogP contribution in [-0.4, -0.2) is 56.8 Å². The summed E-state index contributed by atoms with van der Waals surface area (Å²) in [6, 6.07) is 14.2. The van der Waals surface area contributed by atoms with Crippen molar-refractivity contribution in [3.05, 3.63) is 65.4 Å². The average Bonchev–Trinajstić information content (AvgIpc) is 3.09. The second kappa shape index (κ2) is 8.22. The number of nitrogens with zero attached hydrogens (tertiary/aromatic N) is 2. The molecule has 1 aliphatic rings. The third kappa shape index (κ3) is 3.98. The molecule has 158 valence electrons. The third-order valence-electron chi connectivity index (χ3n) is 5.53. The van der Waals surface area contributed by atoms with Gasteiger partial charge in [-0.3, -0.25) is 4.79 Å². The van der Waals surface area contributed by atoms with E-state index in [4.69, 9.17) is 4.42 Å². The van der Waals surface area contributed by atoms with Crippen molar-refractivity contribution < 1.29 is 17.6 Å². The first-order valence-electron chi connectivity index (χ1n) is 9.90. The molecule has 30 heavy (non-hydrogen) atoms. The third-order valence-corrected chi connectivity index (χ3v) is 7.44. The zero-order chi connectivity index (χ0) is 21.3. The van der Waals surface area contributed by atoms with E-state index in [2.05, 4.69) is 10.2 Å². The Morgan fingerprint density at radius 2 is 1.70 bits per heavy atom. The summed E-state index contributed by atoms with van der Waals surface area (Å²) in [6.07, 6.45) is 0. The Labute approximate surface area is 176 Å². The number of hydrogen-bond donors (Lipinski definition) is 1. The van der Waals surface area contributed by atoms with Crippen molar-refractivity contribution in [3.63, 3.8) is 0 Å². The summed E-state index contributed by atoms with van der Waals surface area (Å²) in [5.74, 6) is 0.00305. The number of nitrogens with one attached hydrogen (secondary N) is 1. The first kappa shape index (κ1) is 20.6. The molecular formula is C22H25N3O4S. The molecule has 0 atom stereocenters. The first-order valence-corrected chi connectivity index (χ1v) is 11.3. The van der Waals surface area contributed by atoms with Gasteiger partial charge in [-0.1, -0.05) is 30.3 Å². The largest absolute Gasteiger partial charge is 0.451 e. The SMILES string of the molecule is Cc1c(C(=O)NCc2ccc(S(=O)(=O)N3CCN(C)CC3)cc2)oc2ccccc12. The summed E-state index contributed by atoms with van der Waals surface area (Å²) in [5.41, 5.74) is 2.30. The molecule has 3 aromatic rings. The number of sulfonamides is 1. The fraction of sp³-hybridized carbons (Fsp3) is 0.318. The Morgan fingerprint density at radius 1 is 1.03 bits per heavy atom. The smallest absolute Gasteiger partial charge is 0.287 e. The zero-order valence-corrected chi connectivity index (χ0v) is 17.9. The molecule has 1 N–H and O–H groups in total. The first-order chi connectivity index (χ1) is 14.4. The highest BCUT2D eigenvalue weighted by atomic mass is 32.2. The number of piperazine rings is 1. The minimum atomic E-state index is -3.49. The van der Waals surface area contributed by atoms with E-state index < -0.39 is 10.0 Å². The summed E-state index contributed by atoms with van der Waals surface area (Å²) in [7, 11) is -1.51. The van der Waals surface area contributed by atoms with Crippen LogP contribution in [0.15, 0.2) is 57.8 Å². The monoisotopic (exact) mass is 427 g/mol. The molecule has 2 aromatic carbocycles. The molecule has 1 aromatic heterocycles. The number of hydrogen-bond acceptors (Lipinski definition) is 5. The molecule has 1 saturated heterocycles. The lowest BCUT2D eigenvalue weighted by Crippen LogP contribution is -2.47. The van der Waals surface area contributed by atoms with E-state index in [1.54, 1.807) is 24.3 Å². The molecule has 0 spiro atoms. The second-order valence-electron chi connectivity index (χ2n) is 7.59. The Bertz CT molecular complexity index is 1160. The van der Waals surface area contributed by atoms with Crippen molar-refractivity contribution in [1.29, 1.82) is 0 Å². The number of benzene rings is 2. The number of amides is 1. The predicted molar refractivity (Wildman–Crippen MR) is 115 cm³/mol. The van der Waals surface area contributed by atoms with Crippen molar-refractivity contribution in [1.82, 2.24) is 14.5 Å². The summed E-state index contributed by atoms with van der Waals surface area (Å²) in [4.78, 5) is 14.9. The van der Waals surface area contributed by atoms with Gasteiger partial charge in [0.2, 0.25) is 10.0 Å². The van der Waals surface area contributed by atoms with Gasteiger partial charge in [0.1, 0.15) is 5.58 Å². The van der Waals surface area contributed by atoms with E-state index >= 15 is 0 Å². The fourth-order valence-corrected chi connectivity index (χ4v) is 5.03. The number of aryl methyl sites for hydroxylation is 1. The van der Waals surface area contributed by atoms with Crippen LogP contribution >= 0.6 is 0 Å². The van der Waals surface area contributed by atoms with E-state index in [9.17, 15) is 13.2 Å². The summed E-state index contributed by atoms with van der Waals surface area (Å²) in [5, 5.41) is 3.76. The molecule has 0 bridgehead atoms. The van der Waals surface area contributed by atoms with Crippen LogP contribution in [0.1, 0.15) is 21.7 Å². The molecule has 4 rings (SSSR count). The second-order valence-corrected chi connectivity index (χ2v) is 9.52. The lowest BCUT2D eigenvalue weighted by molar-refractivity contribution is 0.0924. The molecular weight excluding hydrogens is 402 g/mol. The van der Waals surface area contributed by atoms with Gasteiger partial charge >= 0.3 is 0 Å². The minimum absolute atomic E-state index is 0.273. The summed E-state index contributed by atoms with van der Waals surface area (Å²) in [6.45, 7) is 4.58. The number of furan rings is 1.